The molecule has 2 aromatic rings. The van der Waals surface area contributed by atoms with Gasteiger partial charge in [0.25, 0.3) is 0 Å². The lowest BCUT2D eigenvalue weighted by Crippen LogP contribution is -2.50. The Morgan fingerprint density at radius 1 is 1.18 bits per heavy atom. The highest BCUT2D eigenvalue weighted by molar-refractivity contribution is 5.87. The number of hydrogen-bond donors (Lipinski definition) is 3. The van der Waals surface area contributed by atoms with Crippen molar-refractivity contribution in [2.75, 3.05) is 19.6 Å². The summed E-state index contributed by atoms with van der Waals surface area (Å²) in [5.74, 6) is 2.92. The lowest BCUT2D eigenvalue weighted by molar-refractivity contribution is -0.127. The third kappa shape index (κ3) is 5.81. The average molecular weight is 446 g/mol. The Morgan fingerprint density at radius 2 is 1.88 bits per heavy atom. The molecule has 2 aromatic carbocycles. The number of benzene rings is 2. The Morgan fingerprint density at radius 3 is 2.58 bits per heavy atom. The highest BCUT2D eigenvalue weighted by Crippen LogP contribution is 2.26. The van der Waals surface area contributed by atoms with Crippen LogP contribution in [0.4, 0.5) is 0 Å². The van der Waals surface area contributed by atoms with Crippen LogP contribution in [0, 0.1) is 5.92 Å². The number of carbonyl (C=O) groups excluding carboxylic acids is 1. The van der Waals surface area contributed by atoms with Gasteiger partial charge in [0.1, 0.15) is 23.0 Å². The van der Waals surface area contributed by atoms with Gasteiger partial charge in [0.15, 0.2) is 0 Å². The maximum atomic E-state index is 11.7. The molecule has 0 spiro atoms. The van der Waals surface area contributed by atoms with E-state index in [9.17, 15) is 4.79 Å². The van der Waals surface area contributed by atoms with Crippen LogP contribution in [-0.2, 0) is 10.5 Å². The SMILES string of the molecule is C=CC(=O)N1CCC(CCNC2=CC(N)(c3ccc(Oc4ccccc4)cc3)NC=N2)CC1. The Balaban J connectivity index is 1.30. The molecule has 0 aliphatic carbocycles. The van der Waals surface area contributed by atoms with Gasteiger partial charge < -0.3 is 26.0 Å². The summed E-state index contributed by atoms with van der Waals surface area (Å²) in [4.78, 5) is 18.0. The van der Waals surface area contributed by atoms with Crippen LogP contribution < -0.4 is 21.1 Å². The van der Waals surface area contributed by atoms with E-state index in [-0.39, 0.29) is 5.91 Å². The zero-order valence-electron chi connectivity index (χ0n) is 18.7. The second-order valence-electron chi connectivity index (χ2n) is 8.43. The van der Waals surface area contributed by atoms with Gasteiger partial charge in [-0.25, -0.2) is 4.99 Å². The molecule has 0 aromatic heterocycles. The third-order valence-electron chi connectivity index (χ3n) is 6.14. The zero-order chi connectivity index (χ0) is 23.1. The summed E-state index contributed by atoms with van der Waals surface area (Å²) in [5.41, 5.74) is 6.69. The van der Waals surface area contributed by atoms with E-state index in [1.54, 1.807) is 6.34 Å². The van der Waals surface area contributed by atoms with Gasteiger partial charge in [-0.05, 0) is 61.1 Å². The molecule has 4 N–H and O–H groups in total. The first-order valence-corrected chi connectivity index (χ1v) is 11.4. The molecule has 2 heterocycles. The smallest absolute Gasteiger partial charge is 0.245 e. The molecule has 4 rings (SSSR count). The van der Waals surface area contributed by atoms with Crippen molar-refractivity contribution in [3.63, 3.8) is 0 Å². The van der Waals surface area contributed by atoms with Crippen molar-refractivity contribution >= 4 is 12.2 Å². The van der Waals surface area contributed by atoms with E-state index >= 15 is 0 Å². The van der Waals surface area contributed by atoms with Crippen LogP contribution in [0.15, 0.2) is 84.1 Å². The Bertz CT molecular complexity index is 1010. The van der Waals surface area contributed by atoms with E-state index in [4.69, 9.17) is 10.5 Å². The number of rotatable bonds is 8. The normalized spacial score (nSPS) is 20.5. The molecular weight excluding hydrogens is 414 g/mol. The number of ether oxygens (including phenoxy) is 1. The van der Waals surface area contributed by atoms with Crippen LogP contribution in [0.5, 0.6) is 11.5 Å². The predicted molar refractivity (Wildman–Crippen MR) is 131 cm³/mol. The predicted octanol–water partition coefficient (Wildman–Crippen LogP) is 3.47. The van der Waals surface area contributed by atoms with Crippen LogP contribution in [0.25, 0.3) is 0 Å². The molecule has 7 heteroatoms. The number of nitrogens with two attached hydrogens (primary N) is 1. The van der Waals surface area contributed by atoms with Gasteiger partial charge >= 0.3 is 0 Å². The van der Waals surface area contributed by atoms with E-state index in [2.05, 4.69) is 22.2 Å². The molecule has 0 radical (unpaired) electrons. The van der Waals surface area contributed by atoms with Crippen LogP contribution in [-0.4, -0.2) is 36.8 Å². The van der Waals surface area contributed by atoms with Gasteiger partial charge in [0, 0.05) is 25.7 Å². The molecular formula is C26H31N5O2. The summed E-state index contributed by atoms with van der Waals surface area (Å²) in [7, 11) is 0. The summed E-state index contributed by atoms with van der Waals surface area (Å²) in [5, 5.41) is 6.56. The van der Waals surface area contributed by atoms with E-state index in [0.717, 1.165) is 61.8 Å². The van der Waals surface area contributed by atoms with E-state index in [1.165, 1.54) is 6.08 Å². The number of amides is 1. The minimum atomic E-state index is -0.855. The first kappa shape index (κ1) is 22.6. The first-order valence-electron chi connectivity index (χ1n) is 11.4. The zero-order valence-corrected chi connectivity index (χ0v) is 18.7. The van der Waals surface area contributed by atoms with E-state index in [0.29, 0.717) is 5.92 Å². The minimum absolute atomic E-state index is 0.0275. The van der Waals surface area contributed by atoms with Crippen molar-refractivity contribution < 1.29 is 9.53 Å². The largest absolute Gasteiger partial charge is 0.457 e. The van der Waals surface area contributed by atoms with Crippen molar-refractivity contribution in [3.8, 4) is 11.5 Å². The lowest BCUT2D eigenvalue weighted by Gasteiger charge is -2.32. The Labute approximate surface area is 195 Å². The average Bonchev–Trinajstić information content (AvgIpc) is 2.85. The van der Waals surface area contributed by atoms with Gasteiger partial charge in [-0.2, -0.15) is 0 Å². The fraction of sp³-hybridized carbons (Fsp3) is 0.308. The second-order valence-corrected chi connectivity index (χ2v) is 8.43. The van der Waals surface area contributed by atoms with Crippen LogP contribution in [0.2, 0.25) is 0 Å². The summed E-state index contributed by atoms with van der Waals surface area (Å²) in [6.07, 6.45) is 8.00. The number of nitrogens with zero attached hydrogens (tertiary/aromatic N) is 2. The fourth-order valence-corrected chi connectivity index (χ4v) is 4.17. The maximum absolute atomic E-state index is 11.7. The number of nitrogens with one attached hydrogen (secondary N) is 2. The lowest BCUT2D eigenvalue weighted by atomic mass is 9.93. The van der Waals surface area contributed by atoms with E-state index < -0.39 is 5.66 Å². The first-order chi connectivity index (χ1) is 16.1. The van der Waals surface area contributed by atoms with Crippen LogP contribution in [0.1, 0.15) is 24.8 Å². The van der Waals surface area contributed by atoms with Gasteiger partial charge in [0.2, 0.25) is 5.91 Å². The van der Waals surface area contributed by atoms with Crippen molar-refractivity contribution in [3.05, 3.63) is 84.7 Å². The summed E-state index contributed by atoms with van der Waals surface area (Å²) in [6, 6.07) is 17.4. The van der Waals surface area contributed by atoms with Crippen LogP contribution in [0.3, 0.4) is 0 Å². The van der Waals surface area contributed by atoms with Gasteiger partial charge in [-0.15, -0.1) is 0 Å². The van der Waals surface area contributed by atoms with Crippen molar-refractivity contribution in [1.29, 1.82) is 0 Å². The van der Waals surface area contributed by atoms with E-state index in [1.807, 2.05) is 65.6 Å². The summed E-state index contributed by atoms with van der Waals surface area (Å²) < 4.78 is 5.87. The Kier molecular flexibility index (Phi) is 7.10. The number of aliphatic imine (C=N–C) groups is 1. The number of piperidine rings is 1. The Hall–Kier alpha value is -3.58. The van der Waals surface area contributed by atoms with Crippen molar-refractivity contribution in [2.45, 2.75) is 24.9 Å². The molecule has 2 aliphatic rings. The quantitative estimate of drug-likeness (QED) is 0.541. The topological polar surface area (TPSA) is 92.0 Å². The summed E-state index contributed by atoms with van der Waals surface area (Å²) in [6.45, 7) is 5.98. The number of hydrogen-bond acceptors (Lipinski definition) is 6. The molecule has 0 saturated carbocycles. The molecule has 1 atom stereocenters. The molecule has 1 unspecified atom stereocenters. The third-order valence-corrected chi connectivity index (χ3v) is 6.14. The summed E-state index contributed by atoms with van der Waals surface area (Å²) >= 11 is 0. The van der Waals surface area contributed by atoms with Gasteiger partial charge in [-0.1, -0.05) is 36.9 Å². The molecule has 1 fully saturated rings. The fourth-order valence-electron chi connectivity index (χ4n) is 4.17. The van der Waals surface area contributed by atoms with Gasteiger partial charge in [0.05, 0.1) is 6.34 Å². The molecule has 33 heavy (non-hydrogen) atoms. The van der Waals surface area contributed by atoms with Crippen molar-refractivity contribution in [1.82, 2.24) is 15.5 Å². The monoisotopic (exact) mass is 445 g/mol. The second kappa shape index (κ2) is 10.4. The molecule has 0 bridgehead atoms. The molecule has 2 aliphatic heterocycles. The van der Waals surface area contributed by atoms with Crippen LogP contribution >= 0.6 is 0 Å². The number of carbonyl (C=O) groups is 1. The van der Waals surface area contributed by atoms with Gasteiger partial charge in [-0.3, -0.25) is 4.79 Å². The standard InChI is InChI=1S/C26H31N5O2/c1-2-25(32)31-16-13-20(14-17-31)12-15-28-24-18-26(27,30-19-29-24)21-8-10-23(11-9-21)33-22-6-4-3-5-7-22/h2-11,18-20,28H,1,12-17,27H2,(H,29,30). The molecule has 7 nitrogen and oxygen atoms in total. The van der Waals surface area contributed by atoms with Crippen molar-refractivity contribution in [2.24, 2.45) is 16.6 Å². The molecule has 1 amide bonds. The number of para-hydroxylation sites is 1. The highest BCUT2D eigenvalue weighted by atomic mass is 16.5. The number of likely N-dealkylation sites (tertiary alicyclic amines) is 1. The maximum Gasteiger partial charge on any atom is 0.245 e. The minimum Gasteiger partial charge on any atom is -0.457 e. The highest BCUT2D eigenvalue weighted by Gasteiger charge is 2.27. The molecule has 1 saturated heterocycles. The molecule has 172 valence electrons.